The maximum Gasteiger partial charge on any atom is 0.307 e. The molecule has 3 atom stereocenters. The first-order valence-electron chi connectivity index (χ1n) is 7.54. The van der Waals surface area contributed by atoms with Gasteiger partial charge in [-0.15, -0.1) is 0 Å². The maximum atomic E-state index is 11.6. The zero-order valence-electron chi connectivity index (χ0n) is 13.0. The van der Waals surface area contributed by atoms with Crippen molar-refractivity contribution >= 4 is 5.97 Å². The highest BCUT2D eigenvalue weighted by Gasteiger charge is 2.35. The molecule has 1 aliphatic carbocycles. The molecule has 1 aliphatic rings. The minimum Gasteiger partial charge on any atom is -0.497 e. The van der Waals surface area contributed by atoms with Gasteiger partial charge in [-0.05, 0) is 48.8 Å². The Hall–Kier alpha value is -1.71. The van der Waals surface area contributed by atoms with Crippen LogP contribution in [-0.4, -0.2) is 25.3 Å². The first-order chi connectivity index (χ1) is 10.1. The topological polar surface area (TPSA) is 55.8 Å². The lowest BCUT2D eigenvalue weighted by atomic mass is 9.70. The largest absolute Gasteiger partial charge is 0.497 e. The summed E-state index contributed by atoms with van der Waals surface area (Å²) in [6.45, 7) is 2.18. The van der Waals surface area contributed by atoms with E-state index in [1.54, 1.807) is 14.2 Å². The molecule has 4 nitrogen and oxygen atoms in total. The predicted molar refractivity (Wildman–Crippen MR) is 81.0 cm³/mol. The summed E-state index contributed by atoms with van der Waals surface area (Å²) in [5.74, 6) is 1.05. The lowest BCUT2D eigenvalue weighted by molar-refractivity contribution is -0.143. The minimum atomic E-state index is -0.698. The molecule has 1 aromatic rings. The number of aliphatic carboxylic acids is 1. The van der Waals surface area contributed by atoms with Crippen LogP contribution in [0.25, 0.3) is 0 Å². The van der Waals surface area contributed by atoms with Crippen LogP contribution in [0.1, 0.15) is 44.1 Å². The molecule has 1 N–H and O–H groups in total. The van der Waals surface area contributed by atoms with Crippen molar-refractivity contribution in [2.75, 3.05) is 14.2 Å². The molecular formula is C17H24O4. The SMILES string of the molecule is CCC1CCC(C(=O)O)C(c2cc(OC)cc(OC)c2)C1. The monoisotopic (exact) mass is 292 g/mol. The molecule has 0 heterocycles. The Morgan fingerprint density at radius 3 is 2.29 bits per heavy atom. The van der Waals surface area contributed by atoms with E-state index in [4.69, 9.17) is 9.47 Å². The molecule has 1 aromatic carbocycles. The summed E-state index contributed by atoms with van der Waals surface area (Å²) >= 11 is 0. The second kappa shape index (κ2) is 6.83. The number of hydrogen-bond donors (Lipinski definition) is 1. The third-order valence-corrected chi connectivity index (χ3v) is 4.66. The van der Waals surface area contributed by atoms with Crippen LogP contribution < -0.4 is 9.47 Å². The van der Waals surface area contributed by atoms with E-state index in [0.717, 1.165) is 31.2 Å². The van der Waals surface area contributed by atoms with E-state index in [2.05, 4.69) is 6.92 Å². The number of carbonyl (C=O) groups is 1. The minimum absolute atomic E-state index is 0.0326. The molecule has 0 amide bonds. The number of carboxylic acids is 1. The quantitative estimate of drug-likeness (QED) is 0.899. The summed E-state index contributed by atoms with van der Waals surface area (Å²) < 4.78 is 10.6. The maximum absolute atomic E-state index is 11.6. The van der Waals surface area contributed by atoms with Crippen LogP contribution in [0.5, 0.6) is 11.5 Å². The molecule has 0 bridgehead atoms. The van der Waals surface area contributed by atoms with Crippen molar-refractivity contribution in [3.8, 4) is 11.5 Å². The predicted octanol–water partition coefficient (Wildman–Crippen LogP) is 3.70. The van der Waals surface area contributed by atoms with Crippen molar-refractivity contribution in [2.24, 2.45) is 11.8 Å². The van der Waals surface area contributed by atoms with Crippen molar-refractivity contribution in [1.29, 1.82) is 0 Å². The van der Waals surface area contributed by atoms with Crippen LogP contribution in [-0.2, 0) is 4.79 Å². The molecule has 0 aliphatic heterocycles. The van der Waals surface area contributed by atoms with Crippen LogP contribution in [0.4, 0.5) is 0 Å². The van der Waals surface area contributed by atoms with Gasteiger partial charge in [0.05, 0.1) is 20.1 Å². The first kappa shape index (κ1) is 15.7. The van der Waals surface area contributed by atoms with Crippen molar-refractivity contribution in [3.05, 3.63) is 23.8 Å². The fourth-order valence-electron chi connectivity index (χ4n) is 3.34. The fourth-order valence-corrected chi connectivity index (χ4v) is 3.34. The first-order valence-corrected chi connectivity index (χ1v) is 7.54. The summed E-state index contributed by atoms with van der Waals surface area (Å²) in [5.41, 5.74) is 1.01. The molecular weight excluding hydrogens is 268 g/mol. The number of ether oxygens (including phenoxy) is 2. The van der Waals surface area contributed by atoms with E-state index in [-0.39, 0.29) is 11.8 Å². The van der Waals surface area contributed by atoms with Crippen LogP contribution in [0.15, 0.2) is 18.2 Å². The normalized spacial score (nSPS) is 25.4. The zero-order valence-corrected chi connectivity index (χ0v) is 13.0. The smallest absolute Gasteiger partial charge is 0.307 e. The molecule has 0 radical (unpaired) electrons. The molecule has 0 aromatic heterocycles. The molecule has 4 heteroatoms. The Morgan fingerprint density at radius 2 is 1.81 bits per heavy atom. The van der Waals surface area contributed by atoms with Gasteiger partial charge in [0.2, 0.25) is 0 Å². The Kier molecular flexibility index (Phi) is 5.10. The molecule has 3 unspecified atom stereocenters. The number of carboxylic acid groups (broad SMARTS) is 1. The van der Waals surface area contributed by atoms with E-state index in [1.807, 2.05) is 18.2 Å². The number of benzene rings is 1. The van der Waals surface area contributed by atoms with Crippen molar-refractivity contribution in [2.45, 2.75) is 38.5 Å². The van der Waals surface area contributed by atoms with E-state index in [1.165, 1.54) is 0 Å². The molecule has 21 heavy (non-hydrogen) atoms. The highest BCUT2D eigenvalue weighted by atomic mass is 16.5. The van der Waals surface area contributed by atoms with Gasteiger partial charge in [-0.3, -0.25) is 4.79 Å². The lowest BCUT2D eigenvalue weighted by Gasteiger charge is -2.34. The second-order valence-corrected chi connectivity index (χ2v) is 5.78. The van der Waals surface area contributed by atoms with E-state index in [0.29, 0.717) is 17.4 Å². The molecule has 1 saturated carbocycles. The van der Waals surface area contributed by atoms with Gasteiger partial charge >= 0.3 is 5.97 Å². The average Bonchev–Trinajstić information content (AvgIpc) is 2.53. The summed E-state index contributed by atoms with van der Waals surface area (Å²) in [7, 11) is 3.23. The second-order valence-electron chi connectivity index (χ2n) is 5.78. The Balaban J connectivity index is 2.36. The van der Waals surface area contributed by atoms with Crippen LogP contribution in [0.2, 0.25) is 0 Å². The van der Waals surface area contributed by atoms with Crippen molar-refractivity contribution in [1.82, 2.24) is 0 Å². The fraction of sp³-hybridized carbons (Fsp3) is 0.588. The van der Waals surface area contributed by atoms with Gasteiger partial charge in [0.15, 0.2) is 0 Å². The van der Waals surface area contributed by atoms with Crippen LogP contribution in [0, 0.1) is 11.8 Å². The van der Waals surface area contributed by atoms with Crippen molar-refractivity contribution in [3.63, 3.8) is 0 Å². The van der Waals surface area contributed by atoms with Crippen LogP contribution in [0.3, 0.4) is 0 Å². The third-order valence-electron chi connectivity index (χ3n) is 4.66. The molecule has 116 valence electrons. The van der Waals surface area contributed by atoms with Gasteiger partial charge in [0, 0.05) is 6.07 Å². The van der Waals surface area contributed by atoms with Gasteiger partial charge < -0.3 is 14.6 Å². The summed E-state index contributed by atoms with van der Waals surface area (Å²) in [5, 5.41) is 9.52. The van der Waals surface area contributed by atoms with Gasteiger partial charge in [0.1, 0.15) is 11.5 Å². The van der Waals surface area contributed by atoms with Gasteiger partial charge in [0.25, 0.3) is 0 Å². The summed E-state index contributed by atoms with van der Waals surface area (Å²) in [6.07, 6.45) is 3.77. The van der Waals surface area contributed by atoms with E-state index < -0.39 is 5.97 Å². The van der Waals surface area contributed by atoms with E-state index in [9.17, 15) is 9.90 Å². The molecule has 1 fully saturated rings. The Bertz CT molecular complexity index is 475. The standard InChI is InChI=1S/C17H24O4/c1-4-11-5-6-15(17(18)19)16(7-11)12-8-13(20-2)10-14(9-12)21-3/h8-11,15-16H,4-7H2,1-3H3,(H,18,19). The highest BCUT2D eigenvalue weighted by Crippen LogP contribution is 2.43. The number of hydrogen-bond acceptors (Lipinski definition) is 3. The molecule has 0 saturated heterocycles. The number of rotatable bonds is 5. The average molecular weight is 292 g/mol. The van der Waals surface area contributed by atoms with Crippen LogP contribution >= 0.6 is 0 Å². The van der Waals surface area contributed by atoms with Gasteiger partial charge in [-0.1, -0.05) is 13.3 Å². The lowest BCUT2D eigenvalue weighted by Crippen LogP contribution is -2.29. The van der Waals surface area contributed by atoms with Crippen molar-refractivity contribution < 1.29 is 19.4 Å². The highest BCUT2D eigenvalue weighted by molar-refractivity contribution is 5.71. The third kappa shape index (κ3) is 3.49. The Morgan fingerprint density at radius 1 is 1.19 bits per heavy atom. The number of methoxy groups -OCH3 is 2. The Labute approximate surface area is 126 Å². The molecule has 2 rings (SSSR count). The molecule has 0 spiro atoms. The van der Waals surface area contributed by atoms with E-state index >= 15 is 0 Å². The van der Waals surface area contributed by atoms with Gasteiger partial charge in [-0.25, -0.2) is 0 Å². The van der Waals surface area contributed by atoms with Gasteiger partial charge in [-0.2, -0.15) is 0 Å². The summed E-state index contributed by atoms with van der Waals surface area (Å²) in [4.78, 5) is 11.6. The zero-order chi connectivity index (χ0) is 15.4. The summed E-state index contributed by atoms with van der Waals surface area (Å²) in [6, 6.07) is 5.71.